The van der Waals surface area contributed by atoms with Crippen LogP contribution in [0, 0.1) is 0 Å². The molecule has 29 heavy (non-hydrogen) atoms. The van der Waals surface area contributed by atoms with E-state index in [4.69, 9.17) is 9.47 Å². The largest absolute Gasteiger partial charge is 0.492 e. The first-order valence-corrected chi connectivity index (χ1v) is 11.6. The Morgan fingerprint density at radius 3 is 2.34 bits per heavy atom. The summed E-state index contributed by atoms with van der Waals surface area (Å²) in [5, 5.41) is 0. The Balaban J connectivity index is 1.43. The van der Waals surface area contributed by atoms with Crippen molar-refractivity contribution in [2.45, 2.75) is 30.7 Å². The number of ether oxygens (including phenoxy) is 2. The number of carbonyl (C=O) groups excluding carboxylic acids is 1. The summed E-state index contributed by atoms with van der Waals surface area (Å²) in [6, 6.07) is 6.94. The number of piperidine rings is 1. The van der Waals surface area contributed by atoms with E-state index in [-0.39, 0.29) is 10.8 Å². The lowest BCUT2D eigenvalue weighted by Crippen LogP contribution is -2.45. The first kappa shape index (κ1) is 22.0. The third-order valence-electron chi connectivity index (χ3n) is 5.71. The van der Waals surface area contributed by atoms with Crippen molar-refractivity contribution in [3.8, 4) is 5.75 Å². The molecule has 0 unspecified atom stereocenters. The van der Waals surface area contributed by atoms with Gasteiger partial charge < -0.3 is 14.4 Å². The molecule has 2 heterocycles. The number of nitrogens with zero attached hydrogens (tertiary/aromatic N) is 3. The smallest absolute Gasteiger partial charge is 0.243 e. The number of hydrogen-bond acceptors (Lipinski definition) is 6. The third-order valence-corrected chi connectivity index (χ3v) is 7.62. The summed E-state index contributed by atoms with van der Waals surface area (Å²) >= 11 is 0. The molecule has 0 bridgehead atoms. The normalized spacial score (nSPS) is 19.8. The summed E-state index contributed by atoms with van der Waals surface area (Å²) in [5.74, 6) is 0.781. The predicted octanol–water partition coefficient (Wildman–Crippen LogP) is 1.03. The minimum Gasteiger partial charge on any atom is -0.492 e. The van der Waals surface area contributed by atoms with Crippen LogP contribution in [-0.4, -0.2) is 94.1 Å². The minimum absolute atomic E-state index is 0.117. The Labute approximate surface area is 173 Å². The fraction of sp³-hybridized carbons (Fsp3) is 0.650. The fourth-order valence-corrected chi connectivity index (χ4v) is 5.13. The molecule has 2 aliphatic heterocycles. The Kier molecular flexibility index (Phi) is 7.50. The van der Waals surface area contributed by atoms with Crippen LogP contribution in [0.25, 0.3) is 0 Å². The molecule has 0 aromatic heterocycles. The highest BCUT2D eigenvalue weighted by Crippen LogP contribution is 2.21. The van der Waals surface area contributed by atoms with Gasteiger partial charge in [0.2, 0.25) is 15.9 Å². The lowest BCUT2D eigenvalue weighted by molar-refractivity contribution is -0.130. The number of likely N-dealkylation sites (tertiary alicyclic amines) is 1. The van der Waals surface area contributed by atoms with Gasteiger partial charge in [-0.3, -0.25) is 9.69 Å². The van der Waals surface area contributed by atoms with E-state index in [2.05, 4.69) is 4.90 Å². The summed E-state index contributed by atoms with van der Waals surface area (Å²) in [6.45, 7) is 6.50. The molecule has 3 rings (SSSR count). The number of carbonyl (C=O) groups is 1. The molecule has 1 amide bonds. The first-order valence-electron chi connectivity index (χ1n) is 10.1. The molecule has 2 saturated heterocycles. The Bertz CT molecular complexity index is 770. The van der Waals surface area contributed by atoms with Crippen molar-refractivity contribution in [2.24, 2.45) is 0 Å². The number of benzene rings is 1. The highest BCUT2D eigenvalue weighted by atomic mass is 32.2. The van der Waals surface area contributed by atoms with E-state index < -0.39 is 10.0 Å². The molecule has 2 aliphatic rings. The van der Waals surface area contributed by atoms with Crippen LogP contribution >= 0.6 is 0 Å². The summed E-state index contributed by atoms with van der Waals surface area (Å²) < 4.78 is 37.8. The van der Waals surface area contributed by atoms with Gasteiger partial charge >= 0.3 is 0 Å². The third kappa shape index (κ3) is 5.69. The maximum atomic E-state index is 12.6. The zero-order chi connectivity index (χ0) is 20.9. The second-order valence-electron chi connectivity index (χ2n) is 7.54. The summed E-state index contributed by atoms with van der Waals surface area (Å²) in [4.78, 5) is 15.9. The van der Waals surface area contributed by atoms with Crippen molar-refractivity contribution < 1.29 is 22.7 Å². The van der Waals surface area contributed by atoms with Gasteiger partial charge in [0.05, 0.1) is 18.1 Å². The van der Waals surface area contributed by atoms with Crippen LogP contribution in [0.15, 0.2) is 29.2 Å². The first-order chi connectivity index (χ1) is 13.9. The van der Waals surface area contributed by atoms with Gasteiger partial charge in [0.1, 0.15) is 12.4 Å². The molecule has 1 aromatic carbocycles. The quantitative estimate of drug-likeness (QED) is 0.649. The van der Waals surface area contributed by atoms with Crippen LogP contribution in [0.2, 0.25) is 0 Å². The van der Waals surface area contributed by atoms with Crippen molar-refractivity contribution >= 4 is 15.9 Å². The van der Waals surface area contributed by atoms with Crippen LogP contribution in [-0.2, 0) is 19.6 Å². The van der Waals surface area contributed by atoms with Crippen molar-refractivity contribution in [3.05, 3.63) is 24.3 Å². The number of amides is 1. The van der Waals surface area contributed by atoms with Crippen LogP contribution in [0.1, 0.15) is 19.8 Å². The molecule has 0 atom stereocenters. The molecule has 162 valence electrons. The Morgan fingerprint density at radius 1 is 1.14 bits per heavy atom. The highest BCUT2D eigenvalue weighted by Gasteiger charge is 2.26. The second-order valence-corrected chi connectivity index (χ2v) is 9.48. The number of hydrogen-bond donors (Lipinski definition) is 0. The Morgan fingerprint density at radius 2 is 1.76 bits per heavy atom. The molecular weight excluding hydrogens is 394 g/mol. The lowest BCUT2D eigenvalue weighted by Gasteiger charge is -2.36. The van der Waals surface area contributed by atoms with E-state index in [0.717, 1.165) is 32.5 Å². The topological polar surface area (TPSA) is 79.4 Å². The van der Waals surface area contributed by atoms with Gasteiger partial charge in [-0.15, -0.1) is 0 Å². The van der Waals surface area contributed by atoms with Gasteiger partial charge in [0, 0.05) is 52.7 Å². The molecule has 1 aromatic rings. The van der Waals surface area contributed by atoms with Crippen LogP contribution in [0.4, 0.5) is 0 Å². The average Bonchev–Trinajstić information content (AvgIpc) is 2.74. The van der Waals surface area contributed by atoms with E-state index in [1.165, 1.54) is 4.31 Å². The summed E-state index contributed by atoms with van der Waals surface area (Å²) in [5.41, 5.74) is 0. The van der Waals surface area contributed by atoms with E-state index in [1.807, 2.05) is 11.9 Å². The Hall–Kier alpha value is -1.68. The molecule has 8 nitrogen and oxygen atoms in total. The highest BCUT2D eigenvalue weighted by molar-refractivity contribution is 7.89. The molecular formula is C20H31N3O5S. The number of sulfonamides is 1. The average molecular weight is 426 g/mol. The second kappa shape index (κ2) is 9.88. The van der Waals surface area contributed by atoms with Crippen LogP contribution in [0.3, 0.4) is 0 Å². The molecule has 0 aliphatic carbocycles. The molecule has 0 N–H and O–H groups in total. The lowest BCUT2D eigenvalue weighted by atomic mass is 10.0. The van der Waals surface area contributed by atoms with Gasteiger partial charge in [0.25, 0.3) is 0 Å². The van der Waals surface area contributed by atoms with Gasteiger partial charge in [-0.2, -0.15) is 4.31 Å². The zero-order valence-electron chi connectivity index (χ0n) is 17.2. The SMILES string of the molecule is CC(=O)N(C)C1CCN(CCOc2ccc(S(=O)(=O)N3CCOCC3)cc2)CC1. The van der Waals surface area contributed by atoms with E-state index >= 15 is 0 Å². The maximum Gasteiger partial charge on any atom is 0.243 e. The molecule has 2 fully saturated rings. The molecule has 0 saturated carbocycles. The summed E-state index contributed by atoms with van der Waals surface area (Å²) in [6.07, 6.45) is 1.95. The van der Waals surface area contributed by atoms with Gasteiger partial charge in [-0.05, 0) is 37.1 Å². The minimum atomic E-state index is -3.47. The van der Waals surface area contributed by atoms with Gasteiger partial charge in [-0.25, -0.2) is 8.42 Å². The zero-order valence-corrected chi connectivity index (χ0v) is 18.1. The van der Waals surface area contributed by atoms with Crippen molar-refractivity contribution in [3.63, 3.8) is 0 Å². The predicted molar refractivity (Wildman–Crippen MR) is 109 cm³/mol. The van der Waals surface area contributed by atoms with Gasteiger partial charge in [0.15, 0.2) is 0 Å². The maximum absolute atomic E-state index is 12.6. The monoisotopic (exact) mass is 425 g/mol. The van der Waals surface area contributed by atoms with Crippen LogP contribution < -0.4 is 4.74 Å². The van der Waals surface area contributed by atoms with E-state index in [1.54, 1.807) is 31.2 Å². The van der Waals surface area contributed by atoms with Crippen LogP contribution in [0.5, 0.6) is 5.75 Å². The fourth-order valence-electron chi connectivity index (χ4n) is 3.72. The van der Waals surface area contributed by atoms with Crippen molar-refractivity contribution in [1.29, 1.82) is 0 Å². The van der Waals surface area contributed by atoms with Gasteiger partial charge in [-0.1, -0.05) is 0 Å². The van der Waals surface area contributed by atoms with Crippen molar-refractivity contribution in [2.75, 3.05) is 59.6 Å². The molecule has 0 spiro atoms. The van der Waals surface area contributed by atoms with E-state index in [0.29, 0.717) is 44.7 Å². The number of morpholine rings is 1. The standard InChI is InChI=1S/C20H31N3O5S/c1-17(24)21(2)18-7-9-22(10-8-18)11-16-28-19-3-5-20(6-4-19)29(25,26)23-12-14-27-15-13-23/h3-6,18H,7-16H2,1-2H3. The van der Waals surface area contributed by atoms with Crippen molar-refractivity contribution in [1.82, 2.24) is 14.1 Å². The van der Waals surface area contributed by atoms with E-state index in [9.17, 15) is 13.2 Å². The molecule has 9 heteroatoms. The summed E-state index contributed by atoms with van der Waals surface area (Å²) in [7, 11) is -1.60. The molecule has 0 radical (unpaired) electrons. The number of rotatable bonds is 7.